The molecule has 0 saturated heterocycles. The van der Waals surface area contributed by atoms with E-state index in [0.717, 1.165) is 0 Å². The van der Waals surface area contributed by atoms with E-state index in [9.17, 15) is 0 Å². The Hall–Kier alpha value is -1.87. The van der Waals surface area contributed by atoms with Crippen molar-refractivity contribution in [2.75, 3.05) is 0 Å². The standard InChI is InChI=1S/C10H7N3/c11-7-10-9(12-5-6-13-10)4-3-8-1-2-8/h5-6,8H,1-2H2. The van der Waals surface area contributed by atoms with Gasteiger partial charge in [-0.3, -0.25) is 0 Å². The van der Waals surface area contributed by atoms with Crippen LogP contribution in [-0.2, 0) is 0 Å². The van der Waals surface area contributed by atoms with Crippen molar-refractivity contribution >= 4 is 0 Å². The van der Waals surface area contributed by atoms with Crippen LogP contribution in [0, 0.1) is 29.1 Å². The molecule has 1 saturated carbocycles. The predicted molar refractivity (Wildman–Crippen MR) is 46.3 cm³/mol. The van der Waals surface area contributed by atoms with Crippen LogP contribution in [0.2, 0.25) is 0 Å². The second-order valence-corrected chi connectivity index (χ2v) is 2.91. The minimum absolute atomic E-state index is 0.315. The van der Waals surface area contributed by atoms with Crippen molar-refractivity contribution < 1.29 is 0 Å². The van der Waals surface area contributed by atoms with E-state index in [1.807, 2.05) is 6.07 Å². The van der Waals surface area contributed by atoms with E-state index in [2.05, 4.69) is 21.8 Å². The van der Waals surface area contributed by atoms with Gasteiger partial charge in [-0.2, -0.15) is 5.26 Å². The SMILES string of the molecule is N#Cc1nccnc1C#CC1CC1. The molecule has 0 unspecified atom stereocenters. The second kappa shape index (κ2) is 3.25. The summed E-state index contributed by atoms with van der Waals surface area (Å²) in [5, 5.41) is 8.68. The van der Waals surface area contributed by atoms with E-state index in [1.165, 1.54) is 19.0 Å². The average Bonchev–Trinajstić information content (AvgIpc) is 2.99. The highest BCUT2D eigenvalue weighted by Crippen LogP contribution is 2.27. The molecular formula is C10H7N3. The van der Waals surface area contributed by atoms with Crippen molar-refractivity contribution in [2.24, 2.45) is 5.92 Å². The summed E-state index contributed by atoms with van der Waals surface area (Å²) < 4.78 is 0. The van der Waals surface area contributed by atoms with E-state index in [-0.39, 0.29) is 0 Å². The molecule has 0 aromatic carbocycles. The van der Waals surface area contributed by atoms with Crippen LogP contribution in [0.15, 0.2) is 12.4 Å². The van der Waals surface area contributed by atoms with Gasteiger partial charge < -0.3 is 0 Å². The topological polar surface area (TPSA) is 49.6 Å². The smallest absolute Gasteiger partial charge is 0.174 e. The zero-order valence-electron chi connectivity index (χ0n) is 6.99. The summed E-state index contributed by atoms with van der Waals surface area (Å²) in [7, 11) is 0. The number of aromatic nitrogens is 2. The van der Waals surface area contributed by atoms with Crippen LogP contribution in [0.25, 0.3) is 0 Å². The summed E-state index contributed by atoms with van der Waals surface area (Å²) in [6.45, 7) is 0. The molecule has 0 radical (unpaired) electrons. The molecule has 1 aromatic rings. The van der Waals surface area contributed by atoms with Gasteiger partial charge in [0.1, 0.15) is 11.8 Å². The van der Waals surface area contributed by atoms with Crippen molar-refractivity contribution in [2.45, 2.75) is 12.8 Å². The Kier molecular flexibility index (Phi) is 1.94. The van der Waals surface area contributed by atoms with E-state index in [1.54, 1.807) is 6.20 Å². The molecule has 0 atom stereocenters. The molecule has 62 valence electrons. The van der Waals surface area contributed by atoms with Crippen LogP contribution in [-0.4, -0.2) is 9.97 Å². The zero-order chi connectivity index (χ0) is 9.10. The number of hydrogen-bond donors (Lipinski definition) is 0. The van der Waals surface area contributed by atoms with Crippen LogP contribution >= 0.6 is 0 Å². The molecule has 1 fully saturated rings. The third kappa shape index (κ3) is 1.83. The highest BCUT2D eigenvalue weighted by atomic mass is 14.8. The lowest BCUT2D eigenvalue weighted by atomic mass is 10.3. The predicted octanol–water partition coefficient (Wildman–Crippen LogP) is 1.11. The first-order chi connectivity index (χ1) is 6.40. The zero-order valence-corrected chi connectivity index (χ0v) is 6.99. The number of nitriles is 1. The molecule has 0 N–H and O–H groups in total. The first kappa shape index (κ1) is 7.76. The molecule has 1 aliphatic carbocycles. The molecule has 1 aliphatic rings. The Morgan fingerprint density at radius 1 is 1.23 bits per heavy atom. The third-order valence-corrected chi connectivity index (χ3v) is 1.78. The van der Waals surface area contributed by atoms with Crippen LogP contribution in [0.3, 0.4) is 0 Å². The van der Waals surface area contributed by atoms with Gasteiger partial charge in [0.25, 0.3) is 0 Å². The van der Waals surface area contributed by atoms with E-state index in [0.29, 0.717) is 17.3 Å². The van der Waals surface area contributed by atoms with Crippen molar-refractivity contribution in [3.63, 3.8) is 0 Å². The number of rotatable bonds is 0. The van der Waals surface area contributed by atoms with Gasteiger partial charge in [-0.1, -0.05) is 5.92 Å². The first-order valence-corrected chi connectivity index (χ1v) is 4.13. The van der Waals surface area contributed by atoms with Crippen LogP contribution in [0.5, 0.6) is 0 Å². The summed E-state index contributed by atoms with van der Waals surface area (Å²) in [5.41, 5.74) is 0.813. The Morgan fingerprint density at radius 2 is 1.92 bits per heavy atom. The van der Waals surface area contributed by atoms with E-state index < -0.39 is 0 Å². The van der Waals surface area contributed by atoms with Gasteiger partial charge in [-0.25, -0.2) is 9.97 Å². The monoisotopic (exact) mass is 169 g/mol. The molecule has 0 bridgehead atoms. The maximum absolute atomic E-state index is 8.68. The van der Waals surface area contributed by atoms with Crippen LogP contribution in [0.1, 0.15) is 24.2 Å². The minimum atomic E-state index is 0.315. The fraction of sp³-hybridized carbons (Fsp3) is 0.300. The lowest BCUT2D eigenvalue weighted by Crippen LogP contribution is -1.91. The number of hydrogen-bond acceptors (Lipinski definition) is 3. The summed E-state index contributed by atoms with van der Waals surface area (Å²) in [5.74, 6) is 6.45. The van der Waals surface area contributed by atoms with Gasteiger partial charge in [0.15, 0.2) is 5.69 Å². The summed E-state index contributed by atoms with van der Waals surface area (Å²) in [4.78, 5) is 7.86. The molecule has 13 heavy (non-hydrogen) atoms. The second-order valence-electron chi connectivity index (χ2n) is 2.91. The molecule has 0 aliphatic heterocycles. The molecular weight excluding hydrogens is 162 g/mol. The van der Waals surface area contributed by atoms with Gasteiger partial charge in [-0.05, 0) is 18.8 Å². The fourth-order valence-corrected chi connectivity index (χ4v) is 0.909. The molecule has 0 amide bonds. The number of nitrogens with zero attached hydrogens (tertiary/aromatic N) is 3. The first-order valence-electron chi connectivity index (χ1n) is 4.13. The Morgan fingerprint density at radius 3 is 2.54 bits per heavy atom. The average molecular weight is 169 g/mol. The lowest BCUT2D eigenvalue weighted by molar-refractivity contribution is 1.13. The summed E-state index contributed by atoms with van der Waals surface area (Å²) in [6.07, 6.45) is 5.41. The molecule has 0 spiro atoms. The minimum Gasteiger partial charge on any atom is -0.243 e. The van der Waals surface area contributed by atoms with Crippen LogP contribution in [0.4, 0.5) is 0 Å². The van der Waals surface area contributed by atoms with Gasteiger partial charge >= 0.3 is 0 Å². The van der Waals surface area contributed by atoms with Crippen molar-refractivity contribution in [3.05, 3.63) is 23.8 Å². The van der Waals surface area contributed by atoms with Gasteiger partial charge in [0, 0.05) is 18.3 Å². The third-order valence-electron chi connectivity index (χ3n) is 1.78. The van der Waals surface area contributed by atoms with Gasteiger partial charge in [0.05, 0.1) is 0 Å². The summed E-state index contributed by atoms with van der Waals surface area (Å²) in [6, 6.07) is 1.96. The quantitative estimate of drug-likeness (QED) is 0.546. The fourth-order valence-electron chi connectivity index (χ4n) is 0.909. The van der Waals surface area contributed by atoms with Gasteiger partial charge in [-0.15, -0.1) is 0 Å². The van der Waals surface area contributed by atoms with Crippen LogP contribution < -0.4 is 0 Å². The molecule has 2 rings (SSSR count). The lowest BCUT2D eigenvalue weighted by Gasteiger charge is -1.89. The highest BCUT2D eigenvalue weighted by molar-refractivity contribution is 5.38. The largest absolute Gasteiger partial charge is 0.243 e. The Bertz CT molecular complexity index is 416. The van der Waals surface area contributed by atoms with Crippen molar-refractivity contribution in [1.82, 2.24) is 9.97 Å². The van der Waals surface area contributed by atoms with E-state index in [4.69, 9.17) is 5.26 Å². The Balaban J connectivity index is 2.30. The maximum Gasteiger partial charge on any atom is 0.174 e. The Labute approximate surface area is 76.4 Å². The maximum atomic E-state index is 8.68. The highest BCUT2D eigenvalue weighted by Gasteiger charge is 2.17. The molecule has 1 heterocycles. The summed E-state index contributed by atoms with van der Waals surface area (Å²) >= 11 is 0. The van der Waals surface area contributed by atoms with Gasteiger partial charge in [0.2, 0.25) is 0 Å². The molecule has 3 nitrogen and oxygen atoms in total. The molecule has 1 aromatic heterocycles. The van der Waals surface area contributed by atoms with Crippen molar-refractivity contribution in [1.29, 1.82) is 5.26 Å². The van der Waals surface area contributed by atoms with Crippen molar-refractivity contribution in [3.8, 4) is 17.9 Å². The van der Waals surface area contributed by atoms with E-state index >= 15 is 0 Å². The molecule has 3 heteroatoms. The normalized spacial score (nSPS) is 14.1.